The van der Waals surface area contributed by atoms with E-state index in [2.05, 4.69) is 25.5 Å². The molecule has 1 saturated carbocycles. The number of sulfonamides is 1. The number of nitrogens with one attached hydrogen (secondary N) is 1. The fourth-order valence-electron chi connectivity index (χ4n) is 2.60. The zero-order valence-corrected chi connectivity index (χ0v) is 14.0. The van der Waals surface area contributed by atoms with Crippen molar-refractivity contribution in [3.63, 3.8) is 0 Å². The van der Waals surface area contributed by atoms with Crippen molar-refractivity contribution in [1.29, 1.82) is 0 Å². The zero-order valence-electron chi connectivity index (χ0n) is 12.4. The molecule has 0 aliphatic heterocycles. The van der Waals surface area contributed by atoms with Crippen LogP contribution in [-0.2, 0) is 15.4 Å². The molecular formula is C14H24N2O2S2. The minimum atomic E-state index is -3.47. The standard InChI is InChI=1S/C14H24N2O2S2/c1-13(2,3)11-6-7-12(19-11)20(17,18)16-14(10-15)8-4-5-9-14/h6-7,16H,4-5,8-10,15H2,1-3H3. The summed E-state index contributed by atoms with van der Waals surface area (Å²) in [6, 6.07) is 3.61. The van der Waals surface area contributed by atoms with Crippen molar-refractivity contribution in [2.24, 2.45) is 5.73 Å². The molecule has 0 bridgehead atoms. The van der Waals surface area contributed by atoms with Crippen LogP contribution in [0, 0.1) is 0 Å². The quantitative estimate of drug-likeness (QED) is 0.897. The molecule has 3 N–H and O–H groups in total. The van der Waals surface area contributed by atoms with E-state index in [1.807, 2.05) is 6.07 Å². The topological polar surface area (TPSA) is 72.2 Å². The Labute approximate surface area is 125 Å². The molecule has 0 saturated heterocycles. The first-order chi connectivity index (χ1) is 9.19. The van der Waals surface area contributed by atoms with E-state index in [0.29, 0.717) is 10.8 Å². The van der Waals surface area contributed by atoms with Crippen LogP contribution in [0.25, 0.3) is 0 Å². The minimum Gasteiger partial charge on any atom is -0.329 e. The van der Waals surface area contributed by atoms with Gasteiger partial charge in [-0.15, -0.1) is 11.3 Å². The summed E-state index contributed by atoms with van der Waals surface area (Å²) in [5, 5.41) is 0. The summed E-state index contributed by atoms with van der Waals surface area (Å²) >= 11 is 1.35. The van der Waals surface area contributed by atoms with E-state index in [-0.39, 0.29) is 5.41 Å². The summed E-state index contributed by atoms with van der Waals surface area (Å²) in [6.45, 7) is 6.62. The van der Waals surface area contributed by atoms with E-state index >= 15 is 0 Å². The van der Waals surface area contributed by atoms with E-state index in [4.69, 9.17) is 5.73 Å². The molecule has 1 aliphatic rings. The predicted molar refractivity (Wildman–Crippen MR) is 83.6 cm³/mol. The van der Waals surface area contributed by atoms with Gasteiger partial charge in [-0.25, -0.2) is 13.1 Å². The summed E-state index contributed by atoms with van der Waals surface area (Å²) in [7, 11) is -3.47. The van der Waals surface area contributed by atoms with Crippen molar-refractivity contribution in [3.8, 4) is 0 Å². The summed E-state index contributed by atoms with van der Waals surface area (Å²) < 4.78 is 28.3. The van der Waals surface area contributed by atoms with Crippen molar-refractivity contribution in [3.05, 3.63) is 17.0 Å². The second-order valence-electron chi connectivity index (χ2n) is 6.67. The van der Waals surface area contributed by atoms with Gasteiger partial charge in [0, 0.05) is 17.0 Å². The van der Waals surface area contributed by atoms with E-state index in [9.17, 15) is 8.42 Å². The van der Waals surface area contributed by atoms with Gasteiger partial charge < -0.3 is 5.73 Å². The summed E-state index contributed by atoms with van der Waals surface area (Å²) in [5.41, 5.74) is 5.33. The lowest BCUT2D eigenvalue weighted by Gasteiger charge is -2.27. The second kappa shape index (κ2) is 5.40. The third-order valence-corrected chi connectivity index (χ3v) is 7.47. The number of rotatable bonds is 4. The molecule has 1 aromatic rings. The Morgan fingerprint density at radius 3 is 2.35 bits per heavy atom. The van der Waals surface area contributed by atoms with Crippen LogP contribution in [0.15, 0.2) is 16.3 Å². The van der Waals surface area contributed by atoms with Gasteiger partial charge in [0.15, 0.2) is 0 Å². The fraction of sp³-hybridized carbons (Fsp3) is 0.714. The molecule has 6 heteroatoms. The van der Waals surface area contributed by atoms with Gasteiger partial charge in [0.1, 0.15) is 4.21 Å². The van der Waals surface area contributed by atoms with Crippen LogP contribution in [0.2, 0.25) is 0 Å². The SMILES string of the molecule is CC(C)(C)c1ccc(S(=O)(=O)NC2(CN)CCCC2)s1. The second-order valence-corrected chi connectivity index (χ2v) is 9.66. The molecular weight excluding hydrogens is 292 g/mol. The number of thiophene rings is 1. The predicted octanol–water partition coefficient (Wildman–Crippen LogP) is 2.60. The molecule has 0 atom stereocenters. The highest BCUT2D eigenvalue weighted by molar-refractivity contribution is 7.91. The van der Waals surface area contributed by atoms with Crippen molar-refractivity contribution >= 4 is 21.4 Å². The highest BCUT2D eigenvalue weighted by atomic mass is 32.2. The Morgan fingerprint density at radius 2 is 1.90 bits per heavy atom. The van der Waals surface area contributed by atoms with Crippen molar-refractivity contribution < 1.29 is 8.42 Å². The number of hydrogen-bond acceptors (Lipinski definition) is 4. The van der Waals surface area contributed by atoms with Crippen molar-refractivity contribution in [2.75, 3.05) is 6.54 Å². The fourth-order valence-corrected chi connectivity index (χ4v) is 5.44. The Hall–Kier alpha value is -0.430. The minimum absolute atomic E-state index is 0.0304. The maximum absolute atomic E-state index is 12.5. The lowest BCUT2D eigenvalue weighted by molar-refractivity contribution is 0.400. The first-order valence-corrected chi connectivity index (χ1v) is 9.33. The highest BCUT2D eigenvalue weighted by Crippen LogP contribution is 2.34. The molecule has 1 fully saturated rings. The van der Waals surface area contributed by atoms with E-state index in [1.54, 1.807) is 6.07 Å². The number of hydrogen-bond donors (Lipinski definition) is 2. The molecule has 1 heterocycles. The molecule has 2 rings (SSSR count). The molecule has 20 heavy (non-hydrogen) atoms. The van der Waals surface area contributed by atoms with Gasteiger partial charge >= 0.3 is 0 Å². The highest BCUT2D eigenvalue weighted by Gasteiger charge is 2.37. The molecule has 0 aromatic carbocycles. The lowest BCUT2D eigenvalue weighted by Crippen LogP contribution is -2.51. The molecule has 4 nitrogen and oxygen atoms in total. The molecule has 114 valence electrons. The average Bonchev–Trinajstić information content (AvgIpc) is 2.96. The molecule has 0 radical (unpaired) electrons. The normalized spacial score (nSPS) is 19.4. The summed E-state index contributed by atoms with van der Waals surface area (Å²) in [6.07, 6.45) is 3.75. The molecule has 0 amide bonds. The van der Waals surface area contributed by atoms with Crippen molar-refractivity contribution in [1.82, 2.24) is 4.72 Å². The molecule has 1 aromatic heterocycles. The summed E-state index contributed by atoms with van der Waals surface area (Å²) in [4.78, 5) is 1.08. The van der Waals surface area contributed by atoms with Crippen LogP contribution >= 0.6 is 11.3 Å². The largest absolute Gasteiger partial charge is 0.329 e. The summed E-state index contributed by atoms with van der Waals surface area (Å²) in [5.74, 6) is 0. The van der Waals surface area contributed by atoms with Crippen LogP contribution in [0.4, 0.5) is 0 Å². The van der Waals surface area contributed by atoms with Crippen LogP contribution in [-0.4, -0.2) is 20.5 Å². The van der Waals surface area contributed by atoms with Gasteiger partial charge in [-0.1, -0.05) is 33.6 Å². The maximum atomic E-state index is 12.5. The third kappa shape index (κ3) is 3.24. The molecule has 1 aliphatic carbocycles. The van der Waals surface area contributed by atoms with Gasteiger partial charge in [-0.3, -0.25) is 0 Å². The zero-order chi connectivity index (χ0) is 15.0. The van der Waals surface area contributed by atoms with Gasteiger partial charge in [-0.2, -0.15) is 0 Å². The van der Waals surface area contributed by atoms with Crippen LogP contribution in [0.5, 0.6) is 0 Å². The smallest absolute Gasteiger partial charge is 0.250 e. The van der Waals surface area contributed by atoms with E-state index in [0.717, 1.165) is 30.6 Å². The first kappa shape index (κ1) is 15.9. The van der Waals surface area contributed by atoms with Gasteiger partial charge in [-0.05, 0) is 30.4 Å². The Balaban J connectivity index is 2.24. The Morgan fingerprint density at radius 1 is 1.30 bits per heavy atom. The van der Waals surface area contributed by atoms with Crippen LogP contribution in [0.3, 0.4) is 0 Å². The monoisotopic (exact) mass is 316 g/mol. The lowest BCUT2D eigenvalue weighted by atomic mass is 9.95. The third-order valence-electron chi connectivity index (χ3n) is 3.89. The van der Waals surface area contributed by atoms with E-state index in [1.165, 1.54) is 11.3 Å². The van der Waals surface area contributed by atoms with E-state index < -0.39 is 15.6 Å². The van der Waals surface area contributed by atoms with Crippen molar-refractivity contribution in [2.45, 2.75) is 61.6 Å². The average molecular weight is 316 g/mol. The molecule has 0 spiro atoms. The van der Waals surface area contributed by atoms with Crippen LogP contribution in [0.1, 0.15) is 51.3 Å². The molecule has 0 unspecified atom stereocenters. The maximum Gasteiger partial charge on any atom is 0.250 e. The Bertz CT molecular complexity index is 564. The first-order valence-electron chi connectivity index (χ1n) is 7.03. The van der Waals surface area contributed by atoms with Crippen LogP contribution < -0.4 is 10.5 Å². The van der Waals surface area contributed by atoms with Gasteiger partial charge in [0.05, 0.1) is 0 Å². The van der Waals surface area contributed by atoms with Gasteiger partial charge in [0.25, 0.3) is 10.0 Å². The Kier molecular flexibility index (Phi) is 4.31. The number of nitrogens with two attached hydrogens (primary N) is 1. The van der Waals surface area contributed by atoms with Gasteiger partial charge in [0.2, 0.25) is 0 Å².